The number of allylic oxidation sites excluding steroid dienone is 4. The van der Waals surface area contributed by atoms with Gasteiger partial charge in [-0.15, -0.1) is 0 Å². The molecule has 0 spiro atoms. The molecule has 0 aromatic rings. The zero-order chi connectivity index (χ0) is 11.1. The molecule has 0 aliphatic heterocycles. The SMILES string of the molecule is C=C/C(F)=C(Cl)\C=C(/C)C(C)N=CC. The quantitative estimate of drug-likeness (QED) is 0.496. The van der Waals surface area contributed by atoms with Gasteiger partial charge in [-0.1, -0.05) is 18.2 Å². The average molecular weight is 216 g/mol. The molecule has 1 atom stereocenters. The zero-order valence-electron chi connectivity index (χ0n) is 8.72. The Morgan fingerprint density at radius 2 is 2.14 bits per heavy atom. The molecule has 0 amide bonds. The van der Waals surface area contributed by atoms with Gasteiger partial charge in [0.05, 0.1) is 11.1 Å². The molecular weight excluding hydrogens is 201 g/mol. The first-order chi connectivity index (χ1) is 6.52. The van der Waals surface area contributed by atoms with E-state index in [0.717, 1.165) is 11.6 Å². The van der Waals surface area contributed by atoms with Crippen molar-refractivity contribution in [3.63, 3.8) is 0 Å². The molecule has 0 fully saturated rings. The Bertz CT molecular complexity index is 290. The molecule has 1 unspecified atom stereocenters. The van der Waals surface area contributed by atoms with Gasteiger partial charge >= 0.3 is 0 Å². The van der Waals surface area contributed by atoms with E-state index in [0.29, 0.717) is 0 Å². The fraction of sp³-hybridized carbons (Fsp3) is 0.364. The molecule has 0 rings (SSSR count). The zero-order valence-corrected chi connectivity index (χ0v) is 9.48. The lowest BCUT2D eigenvalue weighted by molar-refractivity contribution is 0.664. The van der Waals surface area contributed by atoms with Gasteiger partial charge < -0.3 is 0 Å². The maximum Gasteiger partial charge on any atom is 0.141 e. The summed E-state index contributed by atoms with van der Waals surface area (Å²) >= 11 is 5.68. The summed E-state index contributed by atoms with van der Waals surface area (Å²) in [5.74, 6) is -0.515. The lowest BCUT2D eigenvalue weighted by Gasteiger charge is -2.05. The van der Waals surface area contributed by atoms with Gasteiger partial charge in [0.15, 0.2) is 0 Å². The van der Waals surface area contributed by atoms with E-state index in [1.54, 1.807) is 12.3 Å². The topological polar surface area (TPSA) is 12.4 Å². The molecule has 0 N–H and O–H groups in total. The van der Waals surface area contributed by atoms with Crippen molar-refractivity contribution in [2.45, 2.75) is 26.8 Å². The molecule has 0 heterocycles. The number of nitrogens with zero attached hydrogens (tertiary/aromatic N) is 1. The summed E-state index contributed by atoms with van der Waals surface area (Å²) in [4.78, 5) is 4.14. The third-order valence-corrected chi connectivity index (χ3v) is 2.08. The third-order valence-electron chi connectivity index (χ3n) is 1.79. The van der Waals surface area contributed by atoms with Crippen molar-refractivity contribution in [1.29, 1.82) is 0 Å². The van der Waals surface area contributed by atoms with Gasteiger partial charge in [0.1, 0.15) is 5.83 Å². The highest BCUT2D eigenvalue weighted by atomic mass is 35.5. The van der Waals surface area contributed by atoms with Crippen LogP contribution in [-0.4, -0.2) is 12.3 Å². The van der Waals surface area contributed by atoms with Crippen LogP contribution in [0.15, 0.2) is 40.2 Å². The van der Waals surface area contributed by atoms with Crippen molar-refractivity contribution >= 4 is 17.8 Å². The highest BCUT2D eigenvalue weighted by Gasteiger charge is 2.02. The number of rotatable bonds is 4. The Kier molecular flexibility index (Phi) is 6.13. The van der Waals surface area contributed by atoms with Gasteiger partial charge in [-0.3, -0.25) is 4.99 Å². The van der Waals surface area contributed by atoms with Crippen LogP contribution in [0.25, 0.3) is 0 Å². The fourth-order valence-corrected chi connectivity index (χ4v) is 1.08. The van der Waals surface area contributed by atoms with Crippen LogP contribution >= 0.6 is 11.6 Å². The van der Waals surface area contributed by atoms with Crippen LogP contribution in [0.5, 0.6) is 0 Å². The highest BCUT2D eigenvalue weighted by Crippen LogP contribution is 2.17. The van der Waals surface area contributed by atoms with Crippen molar-refractivity contribution in [3.05, 3.63) is 35.2 Å². The molecule has 3 heteroatoms. The third kappa shape index (κ3) is 4.38. The molecule has 14 heavy (non-hydrogen) atoms. The van der Waals surface area contributed by atoms with E-state index in [9.17, 15) is 4.39 Å². The van der Waals surface area contributed by atoms with Gasteiger partial charge in [0, 0.05) is 0 Å². The molecule has 0 aromatic heterocycles. The minimum Gasteiger partial charge on any atom is -0.290 e. The molecule has 0 aliphatic rings. The molecule has 0 radical (unpaired) electrons. The molecular formula is C11H15ClFN. The van der Waals surface area contributed by atoms with Crippen molar-refractivity contribution in [3.8, 4) is 0 Å². The van der Waals surface area contributed by atoms with Crippen LogP contribution in [0.4, 0.5) is 4.39 Å². The summed E-state index contributed by atoms with van der Waals surface area (Å²) in [5.41, 5.74) is 0.908. The summed E-state index contributed by atoms with van der Waals surface area (Å²) in [7, 11) is 0. The predicted octanol–water partition coefficient (Wildman–Crippen LogP) is 4.02. The first kappa shape index (κ1) is 13.1. The van der Waals surface area contributed by atoms with E-state index < -0.39 is 5.83 Å². The molecule has 1 nitrogen and oxygen atoms in total. The van der Waals surface area contributed by atoms with E-state index >= 15 is 0 Å². The van der Waals surface area contributed by atoms with Crippen LogP contribution in [0.2, 0.25) is 0 Å². The van der Waals surface area contributed by atoms with Crippen molar-refractivity contribution < 1.29 is 4.39 Å². The second kappa shape index (κ2) is 6.55. The van der Waals surface area contributed by atoms with Crippen LogP contribution < -0.4 is 0 Å². The molecule has 0 saturated carbocycles. The molecule has 0 aromatic carbocycles. The second-order valence-corrected chi connectivity index (χ2v) is 3.28. The Balaban J connectivity index is 4.75. The number of hydrogen-bond donors (Lipinski definition) is 0. The summed E-state index contributed by atoms with van der Waals surface area (Å²) < 4.78 is 12.9. The molecule has 0 aliphatic carbocycles. The van der Waals surface area contributed by atoms with Gasteiger partial charge in [0.2, 0.25) is 0 Å². The molecule has 0 saturated heterocycles. The maximum atomic E-state index is 12.9. The second-order valence-electron chi connectivity index (χ2n) is 2.87. The van der Waals surface area contributed by atoms with E-state index in [4.69, 9.17) is 11.6 Å². The van der Waals surface area contributed by atoms with E-state index in [-0.39, 0.29) is 11.1 Å². The number of hydrogen-bond acceptors (Lipinski definition) is 1. The van der Waals surface area contributed by atoms with E-state index in [1.807, 2.05) is 20.8 Å². The largest absolute Gasteiger partial charge is 0.290 e. The number of aliphatic imine (C=N–C) groups is 1. The minimum atomic E-state index is -0.515. The van der Waals surface area contributed by atoms with Crippen LogP contribution in [0.3, 0.4) is 0 Å². The van der Waals surface area contributed by atoms with Gasteiger partial charge in [-0.05, 0) is 44.7 Å². The van der Waals surface area contributed by atoms with Crippen molar-refractivity contribution in [2.75, 3.05) is 0 Å². The Morgan fingerprint density at radius 3 is 2.57 bits per heavy atom. The average Bonchev–Trinajstić information content (AvgIpc) is 2.16. The summed E-state index contributed by atoms with van der Waals surface area (Å²) in [6, 6.07) is 0.0198. The van der Waals surface area contributed by atoms with Crippen LogP contribution in [-0.2, 0) is 0 Å². The van der Waals surface area contributed by atoms with Crippen molar-refractivity contribution in [2.24, 2.45) is 4.99 Å². The first-order valence-electron chi connectivity index (χ1n) is 4.36. The fourth-order valence-electron chi connectivity index (χ4n) is 0.828. The summed E-state index contributed by atoms with van der Waals surface area (Å²) in [5, 5.41) is 0.0654. The van der Waals surface area contributed by atoms with E-state index in [2.05, 4.69) is 11.6 Å². The van der Waals surface area contributed by atoms with E-state index in [1.165, 1.54) is 0 Å². The first-order valence-corrected chi connectivity index (χ1v) is 4.74. The van der Waals surface area contributed by atoms with Crippen LogP contribution in [0.1, 0.15) is 20.8 Å². The smallest absolute Gasteiger partial charge is 0.141 e. The van der Waals surface area contributed by atoms with Crippen molar-refractivity contribution in [1.82, 2.24) is 0 Å². The standard InChI is InChI=1S/C11H15ClFN/c1-5-11(13)10(12)7-8(3)9(4)14-6-2/h5-7,9H,1H2,2-4H3/b8-7+,11-10-,14-6?. The summed E-state index contributed by atoms with van der Waals surface area (Å²) in [6.07, 6.45) is 4.36. The Morgan fingerprint density at radius 1 is 1.57 bits per heavy atom. The lowest BCUT2D eigenvalue weighted by Crippen LogP contribution is -1.99. The summed E-state index contributed by atoms with van der Waals surface area (Å²) in [6.45, 7) is 8.91. The minimum absolute atomic E-state index is 0.0198. The maximum absolute atomic E-state index is 12.9. The van der Waals surface area contributed by atoms with Gasteiger partial charge in [-0.25, -0.2) is 4.39 Å². The lowest BCUT2D eigenvalue weighted by atomic mass is 10.1. The highest BCUT2D eigenvalue weighted by molar-refractivity contribution is 6.31. The molecule has 0 bridgehead atoms. The Hall–Kier alpha value is -0.890. The van der Waals surface area contributed by atoms with Crippen LogP contribution in [0, 0.1) is 0 Å². The number of halogens is 2. The predicted molar refractivity (Wildman–Crippen MR) is 61.6 cm³/mol. The Labute approximate surface area is 89.7 Å². The molecule has 78 valence electrons. The van der Waals surface area contributed by atoms with Gasteiger partial charge in [0.25, 0.3) is 0 Å². The monoisotopic (exact) mass is 215 g/mol. The normalized spacial score (nSPS) is 16.8. The van der Waals surface area contributed by atoms with Gasteiger partial charge in [-0.2, -0.15) is 0 Å².